The minimum Gasteiger partial charge on any atom is -0.495 e. The highest BCUT2D eigenvalue weighted by Gasteiger charge is 2.30. The minimum absolute atomic E-state index is 0.0205. The number of nitrogens with zero attached hydrogens (tertiary/aromatic N) is 14. The minimum atomic E-state index is -3.38. The number of ether oxygens (including phenoxy) is 2. The van der Waals surface area contributed by atoms with E-state index in [9.17, 15) is 16.8 Å². The van der Waals surface area contributed by atoms with Crippen molar-refractivity contribution >= 4 is 128 Å². The van der Waals surface area contributed by atoms with Gasteiger partial charge in [-0.2, -0.15) is 9.97 Å². The van der Waals surface area contributed by atoms with Crippen LogP contribution in [0.3, 0.4) is 0 Å². The van der Waals surface area contributed by atoms with Gasteiger partial charge in [-0.15, -0.1) is 0 Å². The van der Waals surface area contributed by atoms with Crippen LogP contribution in [0.2, 0.25) is 15.3 Å². The van der Waals surface area contributed by atoms with Gasteiger partial charge in [0.25, 0.3) is 0 Å². The predicted octanol–water partition coefficient (Wildman–Crippen LogP) is 9.46. The maximum atomic E-state index is 12.3. The van der Waals surface area contributed by atoms with Gasteiger partial charge in [-0.05, 0) is 113 Å². The molecule has 29 heteroatoms. The van der Waals surface area contributed by atoms with Gasteiger partial charge in [0.2, 0.25) is 11.2 Å². The number of benzene rings is 4. The van der Waals surface area contributed by atoms with Gasteiger partial charge in [-0.25, -0.2) is 26.8 Å². The lowest BCUT2D eigenvalue weighted by Gasteiger charge is -2.43. The number of likely N-dealkylation sites (N-methyl/N-ethyl adjacent to an activating group) is 2. The van der Waals surface area contributed by atoms with Crippen molar-refractivity contribution in [1.82, 2.24) is 59.5 Å². The van der Waals surface area contributed by atoms with Crippen LogP contribution in [0.5, 0.6) is 11.5 Å². The maximum Gasteiger partial charge on any atom is 0.229 e. The molecule has 496 valence electrons. The summed E-state index contributed by atoms with van der Waals surface area (Å²) in [5.74, 6) is 1.92. The van der Waals surface area contributed by atoms with E-state index in [1.807, 2.05) is 6.07 Å². The fraction of sp³-hybridized carbons (Fsp3) is 0.438. The molecule has 4 aromatic carbocycles. The summed E-state index contributed by atoms with van der Waals surface area (Å²) in [7, 11) is 1.07. The zero-order valence-electron chi connectivity index (χ0n) is 53.7. The highest BCUT2D eigenvalue weighted by molar-refractivity contribution is 7.90. The van der Waals surface area contributed by atoms with Crippen molar-refractivity contribution in [2.75, 3.05) is 151 Å². The molecule has 4 aliphatic rings. The van der Waals surface area contributed by atoms with E-state index in [1.165, 1.54) is 81.3 Å². The number of fused-ring (bicyclic) bond motifs is 2. The largest absolute Gasteiger partial charge is 0.495 e. The Morgan fingerprint density at radius 2 is 0.957 bits per heavy atom. The molecular weight excluding hydrogens is 1290 g/mol. The number of hydrogen-bond donors (Lipinski definition) is 4. The first-order valence-corrected chi connectivity index (χ1v) is 36.0. The summed E-state index contributed by atoms with van der Waals surface area (Å²) in [5, 5.41) is 10.0. The first kappa shape index (κ1) is 68.6. The van der Waals surface area contributed by atoms with E-state index in [0.29, 0.717) is 68.1 Å². The van der Waals surface area contributed by atoms with Crippen LogP contribution in [0.15, 0.2) is 85.7 Å². The summed E-state index contributed by atoms with van der Waals surface area (Å²) in [4.78, 5) is 49.1. The van der Waals surface area contributed by atoms with Crippen molar-refractivity contribution in [2.45, 2.75) is 63.1 Å². The van der Waals surface area contributed by atoms with E-state index in [2.05, 4.69) is 131 Å². The second-order valence-corrected chi connectivity index (χ2v) is 29.5. The van der Waals surface area contributed by atoms with Crippen LogP contribution in [0, 0.1) is 13.8 Å². The van der Waals surface area contributed by atoms with Crippen molar-refractivity contribution in [3.05, 3.63) is 123 Å². The van der Waals surface area contributed by atoms with Crippen molar-refractivity contribution in [2.24, 2.45) is 0 Å². The quantitative estimate of drug-likeness (QED) is 0.0518. The monoisotopic (exact) mass is 1370 g/mol. The van der Waals surface area contributed by atoms with Crippen LogP contribution < -0.4 is 41.0 Å². The normalized spacial score (nSPS) is 16.7. The van der Waals surface area contributed by atoms with Crippen LogP contribution >= 0.6 is 34.8 Å². The first-order valence-electron chi connectivity index (χ1n) is 30.8. The summed E-state index contributed by atoms with van der Waals surface area (Å²) in [6, 6.07) is 16.6. The molecule has 4 aliphatic heterocycles. The molecule has 4 saturated heterocycles. The molecule has 0 amide bonds. The Labute approximate surface area is 559 Å². The van der Waals surface area contributed by atoms with Gasteiger partial charge >= 0.3 is 0 Å². The van der Waals surface area contributed by atoms with Gasteiger partial charge in [0.15, 0.2) is 31.3 Å². The van der Waals surface area contributed by atoms with Crippen LogP contribution in [-0.4, -0.2) is 208 Å². The zero-order valence-corrected chi connectivity index (χ0v) is 57.6. The van der Waals surface area contributed by atoms with Crippen LogP contribution in [0.1, 0.15) is 47.9 Å². The predicted molar refractivity (Wildman–Crippen MR) is 374 cm³/mol. The van der Waals surface area contributed by atoms with E-state index < -0.39 is 19.7 Å². The Hall–Kier alpha value is -7.27. The Bertz CT molecular complexity index is 4170. The van der Waals surface area contributed by atoms with Crippen molar-refractivity contribution in [3.63, 3.8) is 0 Å². The van der Waals surface area contributed by atoms with Crippen LogP contribution in [0.25, 0.3) is 22.1 Å². The molecule has 5 N–H and O–H groups in total. The van der Waals surface area contributed by atoms with E-state index in [4.69, 9.17) is 50.0 Å². The van der Waals surface area contributed by atoms with E-state index in [1.54, 1.807) is 50.9 Å². The van der Waals surface area contributed by atoms with E-state index in [-0.39, 0.29) is 32.7 Å². The number of methoxy groups -OCH3 is 2. The fourth-order valence-corrected chi connectivity index (χ4v) is 14.4. The van der Waals surface area contributed by atoms with Crippen LogP contribution in [0.4, 0.5) is 51.7 Å². The third kappa shape index (κ3) is 17.8. The molecule has 0 aliphatic carbocycles. The number of aromatic nitrogens is 8. The first-order chi connectivity index (χ1) is 44.5. The number of piperazine rings is 2. The van der Waals surface area contributed by atoms with Crippen molar-refractivity contribution < 1.29 is 26.3 Å². The lowest BCUT2D eigenvalue weighted by Crippen LogP contribution is -2.52. The Morgan fingerprint density at radius 3 is 1.42 bits per heavy atom. The van der Waals surface area contributed by atoms with E-state index in [0.717, 1.165) is 106 Å². The molecule has 8 aromatic rings. The van der Waals surface area contributed by atoms with Crippen LogP contribution in [-0.2, 0) is 31.2 Å². The lowest BCUT2D eigenvalue weighted by molar-refractivity contribution is 0.0982. The summed E-state index contributed by atoms with van der Waals surface area (Å²) >= 11 is 18.4. The van der Waals surface area contributed by atoms with Crippen molar-refractivity contribution in [1.29, 1.82) is 0 Å². The van der Waals surface area contributed by atoms with Gasteiger partial charge in [0, 0.05) is 174 Å². The van der Waals surface area contributed by atoms with Crippen molar-refractivity contribution in [3.8, 4) is 11.5 Å². The summed E-state index contributed by atoms with van der Waals surface area (Å²) < 4.78 is 59.5. The highest BCUT2D eigenvalue weighted by Crippen LogP contribution is 2.39. The molecular formula is C64H81Cl3N18O6S2. The topological polar surface area (TPSA) is 271 Å². The zero-order chi connectivity index (χ0) is 66.1. The number of sulfone groups is 2. The van der Waals surface area contributed by atoms with Gasteiger partial charge in [0.05, 0.1) is 71.6 Å². The molecule has 4 aromatic heterocycles. The van der Waals surface area contributed by atoms with E-state index >= 15 is 0 Å². The second kappa shape index (κ2) is 30.4. The molecule has 0 unspecified atom stereocenters. The molecule has 24 nitrogen and oxygen atoms in total. The number of halogens is 3. The Kier molecular flexibility index (Phi) is 22.4. The number of anilines is 9. The molecule has 0 spiro atoms. The fourth-order valence-electron chi connectivity index (χ4n) is 12.4. The average molecular weight is 1370 g/mol. The highest BCUT2D eigenvalue weighted by atomic mass is 35.5. The smallest absolute Gasteiger partial charge is 0.229 e. The molecule has 0 saturated carbocycles. The molecule has 4 fully saturated rings. The number of piperidine rings is 2. The maximum absolute atomic E-state index is 12.3. The number of nitrogens with two attached hydrogens (primary N) is 1. The SMILES string of the molecule is COc1cc(N2CCC(N3CCN(C)CC3)CC2)c(C)cc1N.COc1cc(N2CCC(N3CCN(C)CC3)CC2)c(C)cc1Nc1ncc(Cl)c(Nc2ccc3nccnc3c2CS(C)(=O)=O)n1.CS(=O)(=O)Cc1c(Nc2nc(Cl)ncc2Cl)ccc2nccnc12. The van der Waals surface area contributed by atoms with Gasteiger partial charge in [0.1, 0.15) is 21.5 Å². The third-order valence-electron chi connectivity index (χ3n) is 17.3. The number of nitrogen functional groups attached to an aromatic ring is 1. The number of aryl methyl sites for hydroxylation is 2. The second-order valence-electron chi connectivity index (χ2n) is 24.1. The average Bonchev–Trinajstić information content (AvgIpc) is 1.04. The lowest BCUT2D eigenvalue weighted by atomic mass is 10.0. The van der Waals surface area contributed by atoms with Gasteiger partial charge < -0.3 is 50.8 Å². The summed E-state index contributed by atoms with van der Waals surface area (Å²) in [6.07, 6.45) is 16.1. The molecule has 93 heavy (non-hydrogen) atoms. The third-order valence-corrected chi connectivity index (χ3v) is 19.7. The number of rotatable bonds is 16. The number of hydrogen-bond acceptors (Lipinski definition) is 24. The molecule has 0 bridgehead atoms. The molecule has 0 radical (unpaired) electrons. The van der Waals surface area contributed by atoms with Gasteiger partial charge in [-0.1, -0.05) is 23.2 Å². The van der Waals surface area contributed by atoms with Gasteiger partial charge in [-0.3, -0.25) is 29.7 Å². The molecule has 8 heterocycles. The number of nitrogens with one attached hydrogen (secondary N) is 3. The Morgan fingerprint density at radius 1 is 0.527 bits per heavy atom. The summed E-state index contributed by atoms with van der Waals surface area (Å²) in [6.45, 7) is 17.9. The summed E-state index contributed by atoms with van der Waals surface area (Å²) in [5.41, 5.74) is 16.4. The Balaban J connectivity index is 0.000000169. The molecule has 0 atom stereocenters. The molecule has 12 rings (SSSR count). The standard InChI is InChI=1S/C32H40ClN9O3S.C18H30N4O.C14H11Cl2N5O2S/c1-21-17-27(29(45-3)18-28(21)42-11-7-22(8-12-42)41-15-13-40(2)14-16-41)38-32-36-19-24(33)31(39-32)37-25-5-6-26-30(35-10-9-34-26)23(25)20-46(4,43)44;1-14-12-16(19)18(23-3)13-17(14)22-6-4-15(5-7-22)21-10-8-20(2)9-11-21;1-24(22,23)7-8-10(2-3-11-12(8)18-5-4-17-11)20-13-9(15)6-19-14(16)21-13/h5-6,9-10,17-19,22H,7-8,11-16,20H2,1-4H3,(H2,36,37,38,39);12-13,15H,4-11,19H2,1-3H3;2-6H,7H2,1H3,(H,19,20,21).